The van der Waals surface area contributed by atoms with E-state index in [0.29, 0.717) is 12.1 Å². The third-order valence-electron chi connectivity index (χ3n) is 4.24. The van der Waals surface area contributed by atoms with Gasteiger partial charge >= 0.3 is 0 Å². The maximum Gasteiger partial charge on any atom is 0.254 e. The van der Waals surface area contributed by atoms with Crippen LogP contribution < -0.4 is 5.32 Å². The number of para-hydroxylation sites is 1. The fraction of sp³-hybridized carbons (Fsp3) is 0.368. The fourth-order valence-electron chi connectivity index (χ4n) is 3.05. The van der Waals surface area contributed by atoms with E-state index in [0.717, 1.165) is 17.6 Å². The second-order valence-corrected chi connectivity index (χ2v) is 7.09. The Morgan fingerprint density at radius 2 is 2.04 bits per heavy atom. The number of amides is 1. The minimum absolute atomic E-state index is 0.0668. The van der Waals surface area contributed by atoms with E-state index in [1.807, 2.05) is 29.9 Å². The summed E-state index contributed by atoms with van der Waals surface area (Å²) in [5.41, 5.74) is 3.75. The van der Waals surface area contributed by atoms with Crippen molar-refractivity contribution in [3.63, 3.8) is 0 Å². The van der Waals surface area contributed by atoms with Crippen LogP contribution in [0.4, 0.5) is 0 Å². The molecule has 3 aromatic rings. The minimum Gasteiger partial charge on any atom is -0.361 e. The Balaban J connectivity index is 1.65. The molecule has 126 valence electrons. The van der Waals surface area contributed by atoms with Gasteiger partial charge in [-0.1, -0.05) is 18.2 Å². The molecule has 1 aromatic carbocycles. The number of hydrogen-bond donors (Lipinski definition) is 2. The van der Waals surface area contributed by atoms with Crippen LogP contribution in [0, 0.1) is 6.92 Å². The van der Waals surface area contributed by atoms with Crippen LogP contribution in [0.2, 0.25) is 0 Å². The molecule has 1 amide bonds. The topological polar surface area (TPSA) is 62.7 Å². The zero-order chi connectivity index (χ0) is 17.3. The molecule has 0 aliphatic rings. The number of rotatable bonds is 4. The van der Waals surface area contributed by atoms with E-state index in [-0.39, 0.29) is 11.4 Å². The van der Waals surface area contributed by atoms with Gasteiger partial charge in [0.05, 0.1) is 17.3 Å². The molecule has 5 nitrogen and oxygen atoms in total. The van der Waals surface area contributed by atoms with E-state index in [1.54, 1.807) is 6.20 Å². The van der Waals surface area contributed by atoms with Crippen molar-refractivity contribution in [3.05, 3.63) is 53.5 Å². The molecule has 0 saturated heterocycles. The van der Waals surface area contributed by atoms with Gasteiger partial charge in [0, 0.05) is 29.3 Å². The Labute approximate surface area is 142 Å². The van der Waals surface area contributed by atoms with Gasteiger partial charge in [0.1, 0.15) is 0 Å². The number of nitrogens with one attached hydrogen (secondary N) is 2. The Bertz CT molecular complexity index is 867. The third-order valence-corrected chi connectivity index (χ3v) is 4.24. The average molecular weight is 324 g/mol. The SMILES string of the molecule is Cc1c(C(=O)NCCc2c[nH]c3ccccc23)cnn1C(C)(C)C. The van der Waals surface area contributed by atoms with Crippen LogP contribution in [0.15, 0.2) is 36.7 Å². The first-order valence-electron chi connectivity index (χ1n) is 8.26. The lowest BCUT2D eigenvalue weighted by Gasteiger charge is -2.21. The summed E-state index contributed by atoms with van der Waals surface area (Å²) in [6.07, 6.45) is 4.46. The molecule has 0 spiro atoms. The first-order chi connectivity index (χ1) is 11.4. The second kappa shape index (κ2) is 6.15. The minimum atomic E-state index is -0.132. The summed E-state index contributed by atoms with van der Waals surface area (Å²) in [7, 11) is 0. The van der Waals surface area contributed by atoms with E-state index in [1.165, 1.54) is 10.9 Å². The lowest BCUT2D eigenvalue weighted by atomic mass is 10.1. The monoisotopic (exact) mass is 324 g/mol. The summed E-state index contributed by atoms with van der Waals surface area (Å²) in [4.78, 5) is 15.7. The molecule has 0 aliphatic carbocycles. The molecule has 0 saturated carbocycles. The number of carbonyl (C=O) groups excluding carboxylic acids is 1. The summed E-state index contributed by atoms with van der Waals surface area (Å²) in [6.45, 7) is 8.76. The van der Waals surface area contributed by atoms with Crippen molar-refractivity contribution < 1.29 is 4.79 Å². The van der Waals surface area contributed by atoms with Crippen LogP contribution in [0.1, 0.15) is 42.4 Å². The quantitative estimate of drug-likeness (QED) is 0.772. The van der Waals surface area contributed by atoms with Gasteiger partial charge in [-0.15, -0.1) is 0 Å². The van der Waals surface area contributed by atoms with Crippen molar-refractivity contribution in [2.75, 3.05) is 6.54 Å². The molecule has 0 radical (unpaired) electrons. The fourth-order valence-corrected chi connectivity index (χ4v) is 3.05. The van der Waals surface area contributed by atoms with Crippen molar-refractivity contribution in [2.24, 2.45) is 0 Å². The second-order valence-electron chi connectivity index (χ2n) is 7.09. The van der Waals surface area contributed by atoms with E-state index >= 15 is 0 Å². The van der Waals surface area contributed by atoms with Gasteiger partial charge in [-0.25, -0.2) is 0 Å². The van der Waals surface area contributed by atoms with Gasteiger partial charge < -0.3 is 10.3 Å². The van der Waals surface area contributed by atoms with Gasteiger partial charge in [0.25, 0.3) is 5.91 Å². The maximum absolute atomic E-state index is 12.4. The number of H-pyrrole nitrogens is 1. The van der Waals surface area contributed by atoms with Gasteiger partial charge in [0.15, 0.2) is 0 Å². The molecule has 5 heteroatoms. The van der Waals surface area contributed by atoms with Crippen LogP contribution >= 0.6 is 0 Å². The van der Waals surface area contributed by atoms with Crippen molar-refractivity contribution in [1.82, 2.24) is 20.1 Å². The highest BCUT2D eigenvalue weighted by Gasteiger charge is 2.21. The number of benzene rings is 1. The van der Waals surface area contributed by atoms with Gasteiger partial charge in [-0.2, -0.15) is 5.10 Å². The van der Waals surface area contributed by atoms with Crippen LogP contribution in [0.3, 0.4) is 0 Å². The molecule has 24 heavy (non-hydrogen) atoms. The summed E-state index contributed by atoms with van der Waals surface area (Å²) in [5.74, 6) is -0.0668. The van der Waals surface area contributed by atoms with Gasteiger partial charge in [-0.3, -0.25) is 9.48 Å². The molecule has 3 rings (SSSR count). The number of aromatic amines is 1. The molecule has 2 aromatic heterocycles. The molecule has 0 aliphatic heterocycles. The predicted octanol–water partition coefficient (Wildman–Crippen LogP) is 3.40. The third kappa shape index (κ3) is 3.07. The zero-order valence-electron chi connectivity index (χ0n) is 14.7. The number of carbonyl (C=O) groups is 1. The molecule has 0 bridgehead atoms. The first kappa shape index (κ1) is 16.3. The van der Waals surface area contributed by atoms with E-state index in [2.05, 4.69) is 48.3 Å². The Morgan fingerprint density at radius 1 is 1.29 bits per heavy atom. The highest BCUT2D eigenvalue weighted by Crippen LogP contribution is 2.19. The highest BCUT2D eigenvalue weighted by molar-refractivity contribution is 5.95. The number of aromatic nitrogens is 3. The van der Waals surface area contributed by atoms with E-state index < -0.39 is 0 Å². The normalized spacial score (nSPS) is 11.8. The van der Waals surface area contributed by atoms with Crippen molar-refractivity contribution in [3.8, 4) is 0 Å². The Hall–Kier alpha value is -2.56. The summed E-state index contributed by atoms with van der Waals surface area (Å²) < 4.78 is 1.89. The lowest BCUT2D eigenvalue weighted by Crippen LogP contribution is -2.28. The molecule has 0 fully saturated rings. The van der Waals surface area contributed by atoms with Crippen molar-refractivity contribution >= 4 is 16.8 Å². The summed E-state index contributed by atoms with van der Waals surface area (Å²) in [5, 5.41) is 8.57. The van der Waals surface area contributed by atoms with Gasteiger partial charge in [0.2, 0.25) is 0 Å². The number of fused-ring (bicyclic) bond motifs is 1. The van der Waals surface area contributed by atoms with Crippen LogP contribution in [0.25, 0.3) is 10.9 Å². The molecular formula is C19H24N4O. The zero-order valence-corrected chi connectivity index (χ0v) is 14.7. The van der Waals surface area contributed by atoms with Gasteiger partial charge in [-0.05, 0) is 45.7 Å². The van der Waals surface area contributed by atoms with E-state index in [4.69, 9.17) is 0 Å². The number of nitrogens with zero attached hydrogens (tertiary/aromatic N) is 2. The molecule has 2 heterocycles. The molecule has 2 N–H and O–H groups in total. The highest BCUT2D eigenvalue weighted by atomic mass is 16.1. The van der Waals surface area contributed by atoms with Crippen LogP contribution in [-0.4, -0.2) is 27.2 Å². The smallest absolute Gasteiger partial charge is 0.254 e. The molecule has 0 unspecified atom stereocenters. The first-order valence-corrected chi connectivity index (χ1v) is 8.26. The standard InChI is InChI=1S/C19H24N4O/c1-13-16(12-22-23(13)19(2,3)4)18(24)20-10-9-14-11-21-17-8-6-5-7-15(14)17/h5-8,11-12,21H,9-10H2,1-4H3,(H,20,24). The van der Waals surface area contributed by atoms with Crippen LogP contribution in [-0.2, 0) is 12.0 Å². The Morgan fingerprint density at radius 3 is 2.75 bits per heavy atom. The largest absolute Gasteiger partial charge is 0.361 e. The maximum atomic E-state index is 12.4. The van der Waals surface area contributed by atoms with Crippen molar-refractivity contribution in [1.29, 1.82) is 0 Å². The van der Waals surface area contributed by atoms with Crippen molar-refractivity contribution in [2.45, 2.75) is 39.7 Å². The van der Waals surface area contributed by atoms with E-state index in [9.17, 15) is 4.79 Å². The predicted molar refractivity (Wildman–Crippen MR) is 96.3 cm³/mol. The number of hydrogen-bond acceptors (Lipinski definition) is 2. The average Bonchev–Trinajstić information content (AvgIpc) is 3.11. The summed E-state index contributed by atoms with van der Waals surface area (Å²) >= 11 is 0. The lowest BCUT2D eigenvalue weighted by molar-refractivity contribution is 0.0953. The molecular weight excluding hydrogens is 300 g/mol. The van der Waals surface area contributed by atoms with Crippen LogP contribution in [0.5, 0.6) is 0 Å². The molecule has 0 atom stereocenters. The summed E-state index contributed by atoms with van der Waals surface area (Å²) in [6, 6.07) is 8.20. The Kier molecular flexibility index (Phi) is 4.18.